The summed E-state index contributed by atoms with van der Waals surface area (Å²) in [7, 11) is 0. The Morgan fingerprint density at radius 3 is 2.39 bits per heavy atom. The average molecular weight is 491 g/mol. The van der Waals surface area contributed by atoms with Crippen molar-refractivity contribution in [3.63, 3.8) is 0 Å². The minimum atomic E-state index is 0.413. The summed E-state index contributed by atoms with van der Waals surface area (Å²) in [6, 6.07) is 10.6. The average Bonchev–Trinajstić information content (AvgIpc) is 3.22. The van der Waals surface area contributed by atoms with E-state index in [1.807, 2.05) is 6.26 Å². The van der Waals surface area contributed by atoms with E-state index in [-0.39, 0.29) is 0 Å². The van der Waals surface area contributed by atoms with Gasteiger partial charge in [0, 0.05) is 0 Å². The van der Waals surface area contributed by atoms with Gasteiger partial charge in [-0.15, -0.1) is 0 Å². The van der Waals surface area contributed by atoms with Crippen molar-refractivity contribution >= 4 is 6.08 Å². The second-order valence-electron chi connectivity index (χ2n) is 14.4. The third-order valence-electron chi connectivity index (χ3n) is 12.1. The fraction of sp³-hybridized carbons (Fsp3) is 0.771. The molecule has 0 aromatic heterocycles. The Labute approximate surface area is 222 Å². The number of fused-ring (bicyclic) bond motifs is 5. The molecule has 1 heteroatoms. The lowest BCUT2D eigenvalue weighted by molar-refractivity contribution is -0.130. The number of hydrogen-bond acceptors (Lipinski definition) is 1. The maximum Gasteiger partial charge on any atom is 0.0981 e. The first-order valence-corrected chi connectivity index (χ1v) is 15.7. The van der Waals surface area contributed by atoms with Crippen LogP contribution in [0, 0.1) is 52.3 Å². The van der Waals surface area contributed by atoms with Crippen molar-refractivity contribution in [2.75, 3.05) is 0 Å². The summed E-state index contributed by atoms with van der Waals surface area (Å²) in [6.45, 7) is 12.8. The molecule has 0 N–H and O–H groups in total. The summed E-state index contributed by atoms with van der Waals surface area (Å²) in [5, 5.41) is 0. The second-order valence-corrected chi connectivity index (χ2v) is 14.4. The smallest absolute Gasteiger partial charge is 0.0981 e. The van der Waals surface area contributed by atoms with E-state index in [0.717, 1.165) is 41.4 Å². The molecule has 5 rings (SSSR count). The van der Waals surface area contributed by atoms with Crippen LogP contribution in [0.3, 0.4) is 0 Å². The van der Waals surface area contributed by atoms with Crippen molar-refractivity contribution in [3.05, 3.63) is 42.2 Å². The quantitative estimate of drug-likeness (QED) is 0.329. The first-order chi connectivity index (χ1) is 17.3. The number of benzene rings is 1. The summed E-state index contributed by atoms with van der Waals surface area (Å²) in [5.41, 5.74) is 2.39. The minimum Gasteiger partial charge on any atom is -0.498 e. The van der Waals surface area contributed by atoms with Gasteiger partial charge in [0.15, 0.2) is 0 Å². The number of ether oxygens (including phenoxy) is 1. The van der Waals surface area contributed by atoms with E-state index in [1.54, 1.807) is 0 Å². The van der Waals surface area contributed by atoms with Crippen molar-refractivity contribution in [3.8, 4) is 0 Å². The van der Waals surface area contributed by atoms with Gasteiger partial charge in [-0.2, -0.15) is 0 Å². The topological polar surface area (TPSA) is 9.23 Å². The van der Waals surface area contributed by atoms with Gasteiger partial charge in [-0.25, -0.2) is 0 Å². The Bertz CT molecular complexity index is 872. The van der Waals surface area contributed by atoms with Crippen molar-refractivity contribution in [1.29, 1.82) is 0 Å². The monoisotopic (exact) mass is 490 g/mol. The Balaban J connectivity index is 1.20. The van der Waals surface area contributed by atoms with Gasteiger partial charge in [0.25, 0.3) is 0 Å². The highest BCUT2D eigenvalue weighted by Crippen LogP contribution is 2.68. The van der Waals surface area contributed by atoms with Crippen molar-refractivity contribution < 1.29 is 4.74 Å². The highest BCUT2D eigenvalue weighted by atomic mass is 16.5. The van der Waals surface area contributed by atoms with Gasteiger partial charge < -0.3 is 4.74 Å². The van der Waals surface area contributed by atoms with E-state index in [0.29, 0.717) is 16.9 Å². The molecule has 36 heavy (non-hydrogen) atoms. The van der Waals surface area contributed by atoms with Gasteiger partial charge in [-0.1, -0.05) is 84.2 Å². The van der Waals surface area contributed by atoms with E-state index in [4.69, 9.17) is 4.74 Å². The Hall–Kier alpha value is -1.24. The summed E-state index contributed by atoms with van der Waals surface area (Å²) >= 11 is 0. The molecule has 1 aromatic rings. The molecule has 1 aromatic carbocycles. The van der Waals surface area contributed by atoms with Gasteiger partial charge >= 0.3 is 0 Å². The standard InChI is InChI=1S/C35H54O/c1-25(2)10-9-11-26(3)31-16-17-32-30-15-14-28-24-29(36-23-20-27-12-7-6-8-13-27)18-21-34(28,4)33(30)19-22-35(31,32)5/h6-8,12-13,20,23,25-26,28-33H,9-11,14-19,21-22,24H2,1-5H3/t26-,28?,29?,30?,31-,32?,33?,34+,35-/m1/s1. The van der Waals surface area contributed by atoms with E-state index in [1.165, 1.54) is 82.6 Å². The molecule has 4 aliphatic rings. The molecule has 0 spiro atoms. The van der Waals surface area contributed by atoms with Crippen LogP contribution in [0.5, 0.6) is 0 Å². The molecule has 9 atom stereocenters. The highest BCUT2D eigenvalue weighted by molar-refractivity contribution is 5.47. The fourth-order valence-corrected chi connectivity index (χ4v) is 10.2. The lowest BCUT2D eigenvalue weighted by Gasteiger charge is -2.61. The van der Waals surface area contributed by atoms with E-state index in [9.17, 15) is 0 Å². The van der Waals surface area contributed by atoms with Gasteiger partial charge in [0.05, 0.1) is 12.4 Å². The van der Waals surface area contributed by atoms with Crippen LogP contribution in [0.15, 0.2) is 36.6 Å². The fourth-order valence-electron chi connectivity index (χ4n) is 10.2. The lowest BCUT2D eigenvalue weighted by atomic mass is 9.44. The molecule has 0 saturated heterocycles. The predicted octanol–water partition coefficient (Wildman–Crippen LogP) is 10.2. The summed E-state index contributed by atoms with van der Waals surface area (Å²) in [5.74, 6) is 6.56. The van der Waals surface area contributed by atoms with Crippen LogP contribution in [0.1, 0.15) is 117 Å². The van der Waals surface area contributed by atoms with Crippen LogP contribution in [0.4, 0.5) is 0 Å². The summed E-state index contributed by atoms with van der Waals surface area (Å²) < 4.78 is 6.31. The zero-order valence-electron chi connectivity index (χ0n) is 24.1. The van der Waals surface area contributed by atoms with Crippen molar-refractivity contribution in [1.82, 2.24) is 0 Å². The van der Waals surface area contributed by atoms with Crippen LogP contribution in [-0.2, 0) is 4.74 Å². The molecule has 0 aliphatic heterocycles. The zero-order chi connectivity index (χ0) is 25.3. The highest BCUT2D eigenvalue weighted by Gasteiger charge is 2.60. The minimum absolute atomic E-state index is 0.413. The molecule has 200 valence electrons. The van der Waals surface area contributed by atoms with E-state index >= 15 is 0 Å². The predicted molar refractivity (Wildman–Crippen MR) is 153 cm³/mol. The van der Waals surface area contributed by atoms with Crippen LogP contribution in [-0.4, -0.2) is 6.10 Å². The van der Waals surface area contributed by atoms with Crippen molar-refractivity contribution in [2.24, 2.45) is 52.3 Å². The van der Waals surface area contributed by atoms with Gasteiger partial charge in [-0.3, -0.25) is 0 Å². The molecular weight excluding hydrogens is 436 g/mol. The van der Waals surface area contributed by atoms with Gasteiger partial charge in [0.2, 0.25) is 0 Å². The second kappa shape index (κ2) is 10.9. The molecule has 5 unspecified atom stereocenters. The van der Waals surface area contributed by atoms with E-state index in [2.05, 4.69) is 71.0 Å². The molecule has 1 nitrogen and oxygen atoms in total. The number of rotatable bonds is 8. The van der Waals surface area contributed by atoms with Crippen LogP contribution < -0.4 is 0 Å². The van der Waals surface area contributed by atoms with Crippen LogP contribution in [0.2, 0.25) is 0 Å². The largest absolute Gasteiger partial charge is 0.498 e. The van der Waals surface area contributed by atoms with Gasteiger partial charge in [-0.05, 0) is 122 Å². The Morgan fingerprint density at radius 2 is 1.61 bits per heavy atom. The normalized spacial score (nSPS) is 41.1. The molecular formula is C35H54O. The number of hydrogen-bond donors (Lipinski definition) is 0. The Kier molecular flexibility index (Phi) is 7.96. The molecule has 4 aliphatic carbocycles. The molecule has 4 saturated carbocycles. The summed E-state index contributed by atoms with van der Waals surface area (Å²) in [4.78, 5) is 0. The third-order valence-corrected chi connectivity index (χ3v) is 12.1. The molecule has 4 fully saturated rings. The molecule has 0 amide bonds. The first kappa shape index (κ1) is 26.4. The van der Waals surface area contributed by atoms with Crippen LogP contribution >= 0.6 is 0 Å². The molecule has 0 bridgehead atoms. The van der Waals surface area contributed by atoms with Crippen LogP contribution in [0.25, 0.3) is 6.08 Å². The summed E-state index contributed by atoms with van der Waals surface area (Å²) in [6.07, 6.45) is 21.7. The Morgan fingerprint density at radius 1 is 0.861 bits per heavy atom. The van der Waals surface area contributed by atoms with E-state index < -0.39 is 0 Å². The first-order valence-electron chi connectivity index (χ1n) is 15.7. The SMILES string of the molecule is CC(C)CCC[C@@H](C)[C@H]1CCC2C3CCC4CC(OC=Cc5ccccc5)CC[C@]4(C)C3CC[C@@]21C. The molecule has 0 radical (unpaired) electrons. The van der Waals surface area contributed by atoms with Crippen molar-refractivity contribution in [2.45, 2.75) is 118 Å². The maximum absolute atomic E-state index is 6.31. The maximum atomic E-state index is 6.31. The van der Waals surface area contributed by atoms with Gasteiger partial charge in [0.1, 0.15) is 0 Å². The molecule has 0 heterocycles. The lowest BCUT2D eigenvalue weighted by Crippen LogP contribution is -2.54. The zero-order valence-corrected chi connectivity index (χ0v) is 24.1. The third kappa shape index (κ3) is 5.07.